The Labute approximate surface area is 149 Å². The molecule has 24 heavy (non-hydrogen) atoms. The molecule has 0 aliphatic carbocycles. The van der Waals surface area contributed by atoms with Crippen LogP contribution in [-0.4, -0.2) is 18.0 Å². The van der Waals surface area contributed by atoms with Crippen LogP contribution in [-0.2, 0) is 6.54 Å². The van der Waals surface area contributed by atoms with Gasteiger partial charge in [0.1, 0.15) is 0 Å². The third-order valence-electron chi connectivity index (χ3n) is 4.41. The zero-order valence-electron chi connectivity index (χ0n) is 16.1. The summed E-state index contributed by atoms with van der Waals surface area (Å²) in [6.45, 7) is 15.9. The van der Waals surface area contributed by atoms with Crippen LogP contribution in [0.2, 0.25) is 0 Å². The highest BCUT2D eigenvalue weighted by atomic mass is 15.1. The van der Waals surface area contributed by atoms with Gasteiger partial charge in [-0.15, -0.1) is 0 Å². The molecule has 0 atom stereocenters. The fraction of sp³-hybridized carbons (Fsp3) is 0.478. The summed E-state index contributed by atoms with van der Waals surface area (Å²) in [6.07, 6.45) is 10.1. The van der Waals surface area contributed by atoms with E-state index < -0.39 is 0 Å². The molecule has 1 aliphatic heterocycles. The number of allylic oxidation sites excluding steroid dienone is 5. The van der Waals surface area contributed by atoms with Crippen molar-refractivity contribution >= 4 is 0 Å². The van der Waals surface area contributed by atoms with E-state index >= 15 is 0 Å². The number of hydrogen-bond donors (Lipinski definition) is 0. The molecule has 1 fully saturated rings. The van der Waals surface area contributed by atoms with E-state index in [9.17, 15) is 0 Å². The third-order valence-corrected chi connectivity index (χ3v) is 4.41. The van der Waals surface area contributed by atoms with Crippen molar-refractivity contribution in [2.45, 2.75) is 53.5 Å². The average Bonchev–Trinajstić information content (AvgIpc) is 2.59. The lowest BCUT2D eigenvalue weighted by Crippen LogP contribution is -2.33. The highest BCUT2D eigenvalue weighted by molar-refractivity contribution is 5.33. The predicted molar refractivity (Wildman–Crippen MR) is 108 cm³/mol. The van der Waals surface area contributed by atoms with Gasteiger partial charge in [-0.05, 0) is 62.4 Å². The van der Waals surface area contributed by atoms with Gasteiger partial charge in [0.05, 0.1) is 0 Å². The molecule has 1 heteroatoms. The molecule has 0 bridgehead atoms. The third kappa shape index (κ3) is 6.88. The lowest BCUT2D eigenvalue weighted by Gasteiger charge is -2.33. The number of benzene rings is 1. The molecule has 0 spiro atoms. The molecule has 1 nitrogen and oxygen atoms in total. The predicted octanol–water partition coefficient (Wildman–Crippen LogP) is 6.39. The van der Waals surface area contributed by atoms with Crippen molar-refractivity contribution in [3.05, 3.63) is 71.8 Å². The Morgan fingerprint density at radius 2 is 1.75 bits per heavy atom. The van der Waals surface area contributed by atoms with E-state index in [1.54, 1.807) is 0 Å². The lowest BCUT2D eigenvalue weighted by molar-refractivity contribution is 0.192. The Morgan fingerprint density at radius 1 is 1.17 bits per heavy atom. The summed E-state index contributed by atoms with van der Waals surface area (Å²) in [4.78, 5) is 2.58. The fourth-order valence-electron chi connectivity index (χ4n) is 3.30. The first kappa shape index (κ1) is 20.4. The zero-order chi connectivity index (χ0) is 17.8. The van der Waals surface area contributed by atoms with E-state index in [-0.39, 0.29) is 0 Å². The van der Waals surface area contributed by atoms with Crippen LogP contribution in [0.3, 0.4) is 0 Å². The van der Waals surface area contributed by atoms with E-state index in [1.807, 2.05) is 6.08 Å². The Bertz CT molecular complexity index is 516. The monoisotopic (exact) mass is 325 g/mol. The standard InChI is InChI=1S/C20H27N.C3H8/c1-4-9-17(3)20(5-2)19-12-14-21(15-13-19)16-18-10-7-6-8-11-18;1-3-2/h4-11,19H,1,12-16H2,2-3H3;3H2,1-2H3/b17-9-,20-5+;. The smallest absolute Gasteiger partial charge is 0.0233 e. The van der Waals surface area contributed by atoms with Crippen LogP contribution < -0.4 is 0 Å². The van der Waals surface area contributed by atoms with E-state index in [2.05, 4.69) is 81.7 Å². The highest BCUT2D eigenvalue weighted by Crippen LogP contribution is 2.29. The minimum atomic E-state index is 0.707. The first-order valence-corrected chi connectivity index (χ1v) is 9.38. The van der Waals surface area contributed by atoms with Crippen LogP contribution in [0.4, 0.5) is 0 Å². The van der Waals surface area contributed by atoms with Gasteiger partial charge in [-0.3, -0.25) is 4.90 Å². The van der Waals surface area contributed by atoms with Gasteiger partial charge in [0.2, 0.25) is 0 Å². The molecular weight excluding hydrogens is 290 g/mol. The van der Waals surface area contributed by atoms with Crippen LogP contribution in [0.5, 0.6) is 0 Å². The molecule has 0 radical (unpaired) electrons. The molecular formula is C23H35N. The van der Waals surface area contributed by atoms with E-state index in [4.69, 9.17) is 0 Å². The molecule has 1 aliphatic rings. The minimum absolute atomic E-state index is 0.707. The largest absolute Gasteiger partial charge is 0.299 e. The molecule has 1 heterocycles. The second kappa shape index (κ2) is 11.9. The molecule has 1 aromatic rings. The van der Waals surface area contributed by atoms with Crippen LogP contribution in [0, 0.1) is 5.92 Å². The summed E-state index contributed by atoms with van der Waals surface area (Å²) in [5, 5.41) is 0. The minimum Gasteiger partial charge on any atom is -0.299 e. The summed E-state index contributed by atoms with van der Waals surface area (Å²) in [5.74, 6) is 0.707. The summed E-state index contributed by atoms with van der Waals surface area (Å²) in [5.41, 5.74) is 4.30. The van der Waals surface area contributed by atoms with Crippen LogP contribution >= 0.6 is 0 Å². The zero-order valence-corrected chi connectivity index (χ0v) is 16.1. The lowest BCUT2D eigenvalue weighted by atomic mass is 9.85. The quantitative estimate of drug-likeness (QED) is 0.567. The molecule has 1 aromatic carbocycles. The molecule has 0 N–H and O–H groups in total. The Kier molecular flexibility index (Phi) is 10.1. The maximum atomic E-state index is 3.81. The number of piperidine rings is 1. The number of rotatable bonds is 5. The van der Waals surface area contributed by atoms with Gasteiger partial charge in [-0.25, -0.2) is 0 Å². The summed E-state index contributed by atoms with van der Waals surface area (Å²) >= 11 is 0. The second-order valence-electron chi connectivity index (χ2n) is 6.57. The average molecular weight is 326 g/mol. The SMILES string of the molecule is C=C/C=C(C)\C(=C/C)C1CCN(Cc2ccccc2)CC1.CCC. The first-order chi connectivity index (χ1) is 11.7. The van der Waals surface area contributed by atoms with Gasteiger partial charge in [-0.2, -0.15) is 0 Å². The van der Waals surface area contributed by atoms with Crippen molar-refractivity contribution in [2.75, 3.05) is 13.1 Å². The summed E-state index contributed by atoms with van der Waals surface area (Å²) < 4.78 is 0. The Hall–Kier alpha value is -1.60. The van der Waals surface area contributed by atoms with E-state index in [1.165, 1.54) is 49.1 Å². The van der Waals surface area contributed by atoms with Crippen molar-refractivity contribution in [1.29, 1.82) is 0 Å². The van der Waals surface area contributed by atoms with Gasteiger partial charge in [0.25, 0.3) is 0 Å². The number of hydrogen-bond acceptors (Lipinski definition) is 1. The first-order valence-electron chi connectivity index (χ1n) is 9.38. The van der Waals surface area contributed by atoms with Gasteiger partial charge in [0.15, 0.2) is 0 Å². The molecule has 1 saturated heterocycles. The molecule has 2 rings (SSSR count). The second-order valence-corrected chi connectivity index (χ2v) is 6.57. The highest BCUT2D eigenvalue weighted by Gasteiger charge is 2.22. The molecule has 0 amide bonds. The van der Waals surface area contributed by atoms with Crippen LogP contribution in [0.1, 0.15) is 52.5 Å². The van der Waals surface area contributed by atoms with Gasteiger partial charge in [-0.1, -0.05) is 75.4 Å². The van der Waals surface area contributed by atoms with Crippen molar-refractivity contribution in [3.63, 3.8) is 0 Å². The van der Waals surface area contributed by atoms with Crippen molar-refractivity contribution in [1.82, 2.24) is 4.90 Å². The van der Waals surface area contributed by atoms with E-state index in [0.717, 1.165) is 6.54 Å². The van der Waals surface area contributed by atoms with Crippen LogP contribution in [0.15, 0.2) is 66.3 Å². The molecule has 0 aromatic heterocycles. The number of nitrogens with zero attached hydrogens (tertiary/aromatic N) is 1. The fourth-order valence-corrected chi connectivity index (χ4v) is 3.30. The topological polar surface area (TPSA) is 3.24 Å². The van der Waals surface area contributed by atoms with E-state index in [0.29, 0.717) is 5.92 Å². The summed E-state index contributed by atoms with van der Waals surface area (Å²) in [7, 11) is 0. The van der Waals surface area contributed by atoms with Crippen LogP contribution in [0.25, 0.3) is 0 Å². The molecule has 132 valence electrons. The Balaban J connectivity index is 0.000000891. The molecule has 0 unspecified atom stereocenters. The normalized spacial score (nSPS) is 17.2. The van der Waals surface area contributed by atoms with Gasteiger partial charge in [0, 0.05) is 6.54 Å². The van der Waals surface area contributed by atoms with Crippen molar-refractivity contribution < 1.29 is 0 Å². The van der Waals surface area contributed by atoms with Gasteiger partial charge >= 0.3 is 0 Å². The maximum Gasteiger partial charge on any atom is 0.0233 e. The van der Waals surface area contributed by atoms with Crippen molar-refractivity contribution in [3.8, 4) is 0 Å². The van der Waals surface area contributed by atoms with Gasteiger partial charge < -0.3 is 0 Å². The molecule has 0 saturated carbocycles. The summed E-state index contributed by atoms with van der Waals surface area (Å²) in [6, 6.07) is 10.8. The van der Waals surface area contributed by atoms with Crippen molar-refractivity contribution in [2.24, 2.45) is 5.92 Å². The Morgan fingerprint density at radius 3 is 2.25 bits per heavy atom. The maximum absolute atomic E-state index is 3.81. The number of likely N-dealkylation sites (tertiary alicyclic amines) is 1.